The fourth-order valence-electron chi connectivity index (χ4n) is 1.54. The number of nitrogens with one attached hydrogen (secondary N) is 1. The first-order valence-corrected chi connectivity index (χ1v) is 4.82. The average Bonchev–Trinajstić information content (AvgIpc) is 2.27. The second kappa shape index (κ2) is 3.81. The van der Waals surface area contributed by atoms with Crippen LogP contribution in [0.5, 0.6) is 5.75 Å². The highest BCUT2D eigenvalue weighted by Crippen LogP contribution is 2.29. The lowest BCUT2D eigenvalue weighted by Gasteiger charge is -2.24. The van der Waals surface area contributed by atoms with Crippen molar-refractivity contribution in [3.8, 4) is 5.75 Å². The van der Waals surface area contributed by atoms with Gasteiger partial charge in [0.2, 0.25) is 0 Å². The summed E-state index contributed by atoms with van der Waals surface area (Å²) in [7, 11) is 1.37. The Kier molecular flexibility index (Phi) is 2.49. The molecule has 0 fully saturated rings. The second-order valence-electron chi connectivity index (χ2n) is 3.56. The molecular weight excluding hydrogens is 194 g/mol. The number of anilines is 1. The average molecular weight is 207 g/mol. The maximum absolute atomic E-state index is 11.3. The normalized spacial score (nSPS) is 18.4. The van der Waals surface area contributed by atoms with E-state index in [1.54, 1.807) is 18.2 Å². The van der Waals surface area contributed by atoms with Gasteiger partial charge >= 0.3 is 5.97 Å². The first-order chi connectivity index (χ1) is 7.20. The molecular formula is C11H13NO3. The molecule has 1 unspecified atom stereocenters. The summed E-state index contributed by atoms with van der Waals surface area (Å²) >= 11 is 0. The predicted molar refractivity (Wildman–Crippen MR) is 56.4 cm³/mol. The maximum Gasteiger partial charge on any atom is 0.337 e. The Bertz CT molecular complexity index is 389. The number of hydrogen-bond donors (Lipinski definition) is 1. The molecule has 1 aromatic carbocycles. The van der Waals surface area contributed by atoms with Crippen molar-refractivity contribution in [2.45, 2.75) is 13.0 Å². The standard InChI is InChI=1S/C11H13NO3/c1-7-6-15-10-4-3-8(11(13)14-2)5-9(10)12-7/h3-5,7,12H,6H2,1-2H3. The van der Waals surface area contributed by atoms with Gasteiger partial charge in [0.15, 0.2) is 0 Å². The van der Waals surface area contributed by atoms with E-state index >= 15 is 0 Å². The zero-order valence-corrected chi connectivity index (χ0v) is 8.74. The third-order valence-electron chi connectivity index (χ3n) is 2.29. The minimum atomic E-state index is -0.335. The van der Waals surface area contributed by atoms with Crippen molar-refractivity contribution in [3.05, 3.63) is 23.8 Å². The molecule has 80 valence electrons. The largest absolute Gasteiger partial charge is 0.489 e. The molecule has 4 heteroatoms. The Balaban J connectivity index is 2.32. The monoisotopic (exact) mass is 207 g/mol. The molecule has 0 saturated carbocycles. The Labute approximate surface area is 88.2 Å². The molecule has 2 rings (SSSR count). The topological polar surface area (TPSA) is 47.6 Å². The lowest BCUT2D eigenvalue weighted by atomic mass is 10.1. The van der Waals surface area contributed by atoms with E-state index in [4.69, 9.17) is 4.74 Å². The van der Waals surface area contributed by atoms with Crippen LogP contribution < -0.4 is 10.1 Å². The molecule has 0 aliphatic carbocycles. The Morgan fingerprint density at radius 1 is 1.60 bits per heavy atom. The zero-order valence-electron chi connectivity index (χ0n) is 8.74. The Morgan fingerprint density at radius 2 is 2.40 bits per heavy atom. The SMILES string of the molecule is COC(=O)c1ccc2c(c1)NC(C)CO2. The highest BCUT2D eigenvalue weighted by Gasteiger charge is 2.17. The van der Waals surface area contributed by atoms with Gasteiger partial charge in [0.1, 0.15) is 12.4 Å². The van der Waals surface area contributed by atoms with E-state index in [1.807, 2.05) is 6.92 Å². The van der Waals surface area contributed by atoms with Gasteiger partial charge in [-0.1, -0.05) is 0 Å². The summed E-state index contributed by atoms with van der Waals surface area (Å²) in [5.41, 5.74) is 1.37. The van der Waals surface area contributed by atoms with Crippen molar-refractivity contribution in [2.24, 2.45) is 0 Å². The molecule has 15 heavy (non-hydrogen) atoms. The summed E-state index contributed by atoms with van der Waals surface area (Å²) in [5, 5.41) is 3.25. The van der Waals surface area contributed by atoms with Gasteiger partial charge in [0.25, 0.3) is 0 Å². The molecule has 1 N–H and O–H groups in total. The molecule has 1 heterocycles. The van der Waals surface area contributed by atoms with Crippen LogP contribution in [0.1, 0.15) is 17.3 Å². The Hall–Kier alpha value is -1.71. The molecule has 4 nitrogen and oxygen atoms in total. The van der Waals surface area contributed by atoms with Crippen molar-refractivity contribution >= 4 is 11.7 Å². The van der Waals surface area contributed by atoms with E-state index in [1.165, 1.54) is 7.11 Å². The van der Waals surface area contributed by atoms with Crippen molar-refractivity contribution in [1.82, 2.24) is 0 Å². The Morgan fingerprint density at radius 3 is 3.13 bits per heavy atom. The van der Waals surface area contributed by atoms with E-state index in [0.717, 1.165) is 11.4 Å². The van der Waals surface area contributed by atoms with Crippen LogP contribution in [0, 0.1) is 0 Å². The van der Waals surface area contributed by atoms with Crippen LogP contribution in [0.15, 0.2) is 18.2 Å². The quantitative estimate of drug-likeness (QED) is 0.711. The number of esters is 1. The summed E-state index contributed by atoms with van der Waals surface area (Å²) in [6.07, 6.45) is 0. The summed E-state index contributed by atoms with van der Waals surface area (Å²) in [6, 6.07) is 5.48. The van der Waals surface area contributed by atoms with Gasteiger partial charge in [-0.25, -0.2) is 4.79 Å². The number of fused-ring (bicyclic) bond motifs is 1. The van der Waals surface area contributed by atoms with Gasteiger partial charge in [-0.2, -0.15) is 0 Å². The minimum Gasteiger partial charge on any atom is -0.489 e. The maximum atomic E-state index is 11.3. The van der Waals surface area contributed by atoms with Crippen molar-refractivity contribution < 1.29 is 14.3 Å². The van der Waals surface area contributed by atoms with E-state index < -0.39 is 0 Å². The van der Waals surface area contributed by atoms with E-state index in [0.29, 0.717) is 12.2 Å². The van der Waals surface area contributed by atoms with E-state index in [9.17, 15) is 4.79 Å². The van der Waals surface area contributed by atoms with Crippen LogP contribution in [-0.2, 0) is 4.74 Å². The summed E-state index contributed by atoms with van der Waals surface area (Å²) in [4.78, 5) is 11.3. The van der Waals surface area contributed by atoms with Gasteiger partial charge in [-0.3, -0.25) is 0 Å². The third kappa shape index (κ3) is 1.88. The first kappa shape index (κ1) is 9.83. The van der Waals surface area contributed by atoms with Crippen LogP contribution >= 0.6 is 0 Å². The number of carbonyl (C=O) groups is 1. The summed E-state index contributed by atoms with van der Waals surface area (Å²) in [5.74, 6) is 0.443. The molecule has 0 spiro atoms. The highest BCUT2D eigenvalue weighted by molar-refractivity contribution is 5.91. The van der Waals surface area contributed by atoms with E-state index in [2.05, 4.69) is 10.1 Å². The minimum absolute atomic E-state index is 0.255. The fraction of sp³-hybridized carbons (Fsp3) is 0.364. The molecule has 0 amide bonds. The van der Waals surface area contributed by atoms with Crippen molar-refractivity contribution in [2.75, 3.05) is 19.0 Å². The zero-order chi connectivity index (χ0) is 10.8. The van der Waals surface area contributed by atoms with Crippen molar-refractivity contribution in [3.63, 3.8) is 0 Å². The predicted octanol–water partition coefficient (Wildman–Crippen LogP) is 1.67. The lowest BCUT2D eigenvalue weighted by molar-refractivity contribution is 0.0600. The number of carbonyl (C=O) groups excluding carboxylic acids is 1. The number of methoxy groups -OCH3 is 1. The van der Waals surface area contributed by atoms with Gasteiger partial charge < -0.3 is 14.8 Å². The van der Waals surface area contributed by atoms with Crippen LogP contribution in [0.3, 0.4) is 0 Å². The fourth-order valence-corrected chi connectivity index (χ4v) is 1.54. The second-order valence-corrected chi connectivity index (χ2v) is 3.56. The smallest absolute Gasteiger partial charge is 0.337 e. The number of benzene rings is 1. The molecule has 1 aromatic rings. The first-order valence-electron chi connectivity index (χ1n) is 4.82. The van der Waals surface area contributed by atoms with Crippen LogP contribution in [0.2, 0.25) is 0 Å². The third-order valence-corrected chi connectivity index (χ3v) is 2.29. The van der Waals surface area contributed by atoms with Gasteiger partial charge in [-0.05, 0) is 25.1 Å². The number of rotatable bonds is 1. The molecule has 1 atom stereocenters. The molecule has 1 aliphatic rings. The summed E-state index contributed by atoms with van der Waals surface area (Å²) < 4.78 is 10.1. The highest BCUT2D eigenvalue weighted by atomic mass is 16.5. The number of ether oxygens (including phenoxy) is 2. The van der Waals surface area contributed by atoms with Crippen LogP contribution in [0.4, 0.5) is 5.69 Å². The van der Waals surface area contributed by atoms with Crippen LogP contribution in [0.25, 0.3) is 0 Å². The van der Waals surface area contributed by atoms with E-state index in [-0.39, 0.29) is 12.0 Å². The molecule has 0 saturated heterocycles. The molecule has 0 bridgehead atoms. The molecule has 0 aromatic heterocycles. The van der Waals surface area contributed by atoms with Gasteiger partial charge in [-0.15, -0.1) is 0 Å². The van der Waals surface area contributed by atoms with Crippen molar-refractivity contribution in [1.29, 1.82) is 0 Å². The van der Waals surface area contributed by atoms with Gasteiger partial charge in [0.05, 0.1) is 24.4 Å². The molecule has 1 aliphatic heterocycles. The number of hydrogen-bond acceptors (Lipinski definition) is 4. The van der Waals surface area contributed by atoms with Gasteiger partial charge in [0, 0.05) is 0 Å². The van der Waals surface area contributed by atoms with Crippen LogP contribution in [-0.4, -0.2) is 25.7 Å². The molecule has 0 radical (unpaired) electrons. The lowest BCUT2D eigenvalue weighted by Crippen LogP contribution is -2.28. The summed E-state index contributed by atoms with van der Waals surface area (Å²) in [6.45, 7) is 2.67.